The molecule has 0 fully saturated rings. The number of rotatable bonds is 6. The van der Waals surface area contributed by atoms with Crippen molar-refractivity contribution in [3.8, 4) is 10.7 Å². The predicted octanol–water partition coefficient (Wildman–Crippen LogP) is 5.51. The van der Waals surface area contributed by atoms with Gasteiger partial charge in [-0.3, -0.25) is 14.7 Å². The molecule has 0 aliphatic heterocycles. The molecule has 10 heteroatoms. The summed E-state index contributed by atoms with van der Waals surface area (Å²) >= 11 is 2.47. The molecule has 4 rings (SSSR count). The quantitative estimate of drug-likeness (QED) is 0.425. The van der Waals surface area contributed by atoms with Crippen LogP contribution in [0.4, 0.5) is 13.9 Å². The maximum absolute atomic E-state index is 13.2. The highest BCUT2D eigenvalue weighted by Crippen LogP contribution is 2.34. The number of nitrogens with zero attached hydrogens (tertiary/aromatic N) is 4. The lowest BCUT2D eigenvalue weighted by atomic mass is 10.3. The number of thiazole rings is 1. The molecule has 0 spiro atoms. The molecule has 1 N–H and O–H groups in total. The molecule has 1 aromatic carbocycles. The van der Waals surface area contributed by atoms with Crippen molar-refractivity contribution in [3.05, 3.63) is 72.3 Å². The third kappa shape index (κ3) is 4.24. The van der Waals surface area contributed by atoms with E-state index in [1.54, 1.807) is 25.3 Å². The molecule has 0 aliphatic carbocycles. The van der Waals surface area contributed by atoms with Crippen LogP contribution in [0, 0.1) is 6.92 Å². The summed E-state index contributed by atoms with van der Waals surface area (Å²) in [5.41, 5.74) is 0.906. The summed E-state index contributed by atoms with van der Waals surface area (Å²) < 4.78 is 27.1. The Morgan fingerprint density at radius 3 is 2.70 bits per heavy atom. The van der Waals surface area contributed by atoms with Crippen molar-refractivity contribution >= 4 is 34.1 Å². The number of pyridine rings is 1. The molecular formula is C20H15F2N5OS2. The van der Waals surface area contributed by atoms with Crippen molar-refractivity contribution < 1.29 is 13.6 Å². The highest BCUT2D eigenvalue weighted by Gasteiger charge is 2.20. The SMILES string of the molecule is Cc1nc(NC(=O)c2cccnc2Sc2ccccc2)sc1-c1nccn1C(F)F. The summed E-state index contributed by atoms with van der Waals surface area (Å²) in [6, 6.07) is 13.0. The highest BCUT2D eigenvalue weighted by atomic mass is 32.2. The molecule has 0 saturated heterocycles. The van der Waals surface area contributed by atoms with Crippen LogP contribution in [0.25, 0.3) is 10.7 Å². The Hall–Kier alpha value is -3.11. The number of aryl methyl sites for hydroxylation is 1. The molecule has 6 nitrogen and oxygen atoms in total. The molecule has 0 atom stereocenters. The number of carbonyl (C=O) groups excluding carboxylic acids is 1. The van der Waals surface area contributed by atoms with Gasteiger partial charge in [-0.2, -0.15) is 8.78 Å². The van der Waals surface area contributed by atoms with E-state index < -0.39 is 6.55 Å². The fraction of sp³-hybridized carbons (Fsp3) is 0.100. The van der Waals surface area contributed by atoms with Crippen LogP contribution in [0.2, 0.25) is 0 Å². The van der Waals surface area contributed by atoms with Gasteiger partial charge < -0.3 is 0 Å². The van der Waals surface area contributed by atoms with Crippen molar-refractivity contribution in [1.29, 1.82) is 0 Å². The third-order valence-electron chi connectivity index (χ3n) is 4.07. The number of imidazole rings is 1. The van der Waals surface area contributed by atoms with Crippen molar-refractivity contribution in [2.75, 3.05) is 5.32 Å². The number of anilines is 1. The third-order valence-corrected chi connectivity index (χ3v) is 6.17. The van der Waals surface area contributed by atoms with Crippen LogP contribution in [-0.2, 0) is 0 Å². The molecular weight excluding hydrogens is 428 g/mol. The van der Waals surface area contributed by atoms with E-state index in [-0.39, 0.29) is 11.7 Å². The van der Waals surface area contributed by atoms with Crippen molar-refractivity contribution in [2.24, 2.45) is 0 Å². The first kappa shape index (κ1) is 20.2. The van der Waals surface area contributed by atoms with E-state index >= 15 is 0 Å². The summed E-state index contributed by atoms with van der Waals surface area (Å²) in [7, 11) is 0. The second-order valence-electron chi connectivity index (χ2n) is 6.09. The average Bonchev–Trinajstić information content (AvgIpc) is 3.35. The fourth-order valence-corrected chi connectivity index (χ4v) is 4.58. The molecule has 3 heterocycles. The average molecular weight is 444 g/mol. The first-order chi connectivity index (χ1) is 14.5. The number of hydrogen-bond acceptors (Lipinski definition) is 6. The normalized spacial score (nSPS) is 11.1. The Bertz CT molecular complexity index is 1180. The van der Waals surface area contributed by atoms with E-state index in [2.05, 4.69) is 20.3 Å². The maximum atomic E-state index is 13.2. The largest absolute Gasteiger partial charge is 0.320 e. The number of benzene rings is 1. The maximum Gasteiger partial charge on any atom is 0.320 e. The molecule has 0 aliphatic rings. The zero-order valence-electron chi connectivity index (χ0n) is 15.6. The van der Waals surface area contributed by atoms with Gasteiger partial charge in [0, 0.05) is 23.5 Å². The minimum Gasteiger partial charge on any atom is -0.298 e. The second kappa shape index (κ2) is 8.72. The predicted molar refractivity (Wildman–Crippen MR) is 112 cm³/mol. The van der Waals surface area contributed by atoms with Crippen molar-refractivity contribution in [2.45, 2.75) is 23.4 Å². The van der Waals surface area contributed by atoms with Gasteiger partial charge in [0.1, 0.15) is 5.03 Å². The summed E-state index contributed by atoms with van der Waals surface area (Å²) in [5, 5.41) is 3.61. The molecule has 0 saturated carbocycles. The number of halogens is 2. The van der Waals surface area contributed by atoms with Gasteiger partial charge in [0.05, 0.1) is 16.1 Å². The van der Waals surface area contributed by atoms with E-state index in [4.69, 9.17) is 0 Å². The molecule has 0 bridgehead atoms. The summed E-state index contributed by atoms with van der Waals surface area (Å²) in [6.07, 6.45) is 4.14. The lowest BCUT2D eigenvalue weighted by Gasteiger charge is -2.07. The van der Waals surface area contributed by atoms with Gasteiger partial charge in [-0.1, -0.05) is 41.3 Å². The number of nitrogens with one attached hydrogen (secondary N) is 1. The summed E-state index contributed by atoms with van der Waals surface area (Å²) in [6.45, 7) is -1.03. The van der Waals surface area contributed by atoms with Gasteiger partial charge in [0.2, 0.25) is 0 Å². The summed E-state index contributed by atoms with van der Waals surface area (Å²) in [5.74, 6) is -0.263. The number of alkyl halides is 2. The minimum atomic E-state index is -2.71. The van der Waals surface area contributed by atoms with E-state index in [1.807, 2.05) is 30.3 Å². The molecule has 0 unspecified atom stereocenters. The minimum absolute atomic E-state index is 0.113. The Balaban J connectivity index is 1.58. The number of amides is 1. The Labute approximate surface area is 179 Å². The van der Waals surface area contributed by atoms with Crippen LogP contribution in [0.15, 0.2) is 71.0 Å². The topological polar surface area (TPSA) is 72.7 Å². The summed E-state index contributed by atoms with van der Waals surface area (Å²) in [4.78, 5) is 26.9. The molecule has 3 aromatic heterocycles. The smallest absolute Gasteiger partial charge is 0.298 e. The second-order valence-corrected chi connectivity index (χ2v) is 8.16. The van der Waals surface area contributed by atoms with Gasteiger partial charge in [0.15, 0.2) is 11.0 Å². The number of hydrogen-bond donors (Lipinski definition) is 1. The Morgan fingerprint density at radius 2 is 1.93 bits per heavy atom. The van der Waals surface area contributed by atoms with Crippen LogP contribution in [0.3, 0.4) is 0 Å². The van der Waals surface area contributed by atoms with Gasteiger partial charge >= 0.3 is 6.55 Å². The van der Waals surface area contributed by atoms with Crippen LogP contribution < -0.4 is 5.32 Å². The Morgan fingerprint density at radius 1 is 1.13 bits per heavy atom. The first-order valence-electron chi connectivity index (χ1n) is 8.81. The number of carbonyl (C=O) groups is 1. The zero-order chi connectivity index (χ0) is 21.1. The van der Waals surface area contributed by atoms with Crippen LogP contribution in [0.5, 0.6) is 0 Å². The Kier molecular flexibility index (Phi) is 5.86. The standard InChI is InChI=1S/C20H15F2N5OS2/c1-12-15(16-23-10-11-27(16)19(21)22)30-20(25-12)26-17(28)14-8-5-9-24-18(14)29-13-6-3-2-4-7-13/h2-11,19H,1H3,(H,25,26,28). The molecule has 30 heavy (non-hydrogen) atoms. The van der Waals surface area contributed by atoms with E-state index in [9.17, 15) is 13.6 Å². The molecule has 4 aromatic rings. The van der Waals surface area contributed by atoms with Gasteiger partial charge in [-0.05, 0) is 31.2 Å². The van der Waals surface area contributed by atoms with E-state index in [1.165, 1.54) is 24.2 Å². The van der Waals surface area contributed by atoms with Gasteiger partial charge in [-0.15, -0.1) is 0 Å². The van der Waals surface area contributed by atoms with Gasteiger partial charge in [-0.25, -0.2) is 15.0 Å². The van der Waals surface area contributed by atoms with Crippen LogP contribution >= 0.6 is 23.1 Å². The van der Waals surface area contributed by atoms with Crippen molar-refractivity contribution in [1.82, 2.24) is 19.5 Å². The number of aromatic nitrogens is 4. The lowest BCUT2D eigenvalue weighted by Crippen LogP contribution is -2.13. The van der Waals surface area contributed by atoms with Gasteiger partial charge in [0.25, 0.3) is 5.91 Å². The fourth-order valence-electron chi connectivity index (χ4n) is 2.71. The highest BCUT2D eigenvalue weighted by molar-refractivity contribution is 7.99. The van der Waals surface area contributed by atoms with E-state index in [0.29, 0.717) is 26.3 Å². The monoisotopic (exact) mass is 443 g/mol. The van der Waals surface area contributed by atoms with E-state index in [0.717, 1.165) is 20.8 Å². The molecule has 1 amide bonds. The zero-order valence-corrected chi connectivity index (χ0v) is 17.3. The lowest BCUT2D eigenvalue weighted by molar-refractivity contribution is 0.0720. The first-order valence-corrected chi connectivity index (χ1v) is 10.4. The van der Waals surface area contributed by atoms with Crippen molar-refractivity contribution in [3.63, 3.8) is 0 Å². The molecule has 152 valence electrons. The van der Waals surface area contributed by atoms with Crippen LogP contribution in [-0.4, -0.2) is 25.4 Å². The molecule has 0 radical (unpaired) electrons. The van der Waals surface area contributed by atoms with Crippen LogP contribution in [0.1, 0.15) is 22.6 Å².